The quantitative estimate of drug-likeness (QED) is 0.553. The van der Waals surface area contributed by atoms with Crippen LogP contribution in [0.25, 0.3) is 5.57 Å². The van der Waals surface area contributed by atoms with Gasteiger partial charge in [-0.3, -0.25) is 4.79 Å². The number of para-hydroxylation sites is 2. The van der Waals surface area contributed by atoms with Gasteiger partial charge in [0.2, 0.25) is 0 Å². The van der Waals surface area contributed by atoms with Crippen molar-refractivity contribution in [3.8, 4) is 5.75 Å². The second-order valence-electron chi connectivity index (χ2n) is 6.33. The number of allylic oxidation sites excluding steroid dienone is 1. The van der Waals surface area contributed by atoms with Gasteiger partial charge in [-0.25, -0.2) is 0 Å². The molecule has 0 unspecified atom stereocenters. The highest BCUT2D eigenvalue weighted by Crippen LogP contribution is 2.31. The summed E-state index contributed by atoms with van der Waals surface area (Å²) in [5, 5.41) is 10.1. The van der Waals surface area contributed by atoms with Gasteiger partial charge in [-0.05, 0) is 35.7 Å². The van der Waals surface area contributed by atoms with E-state index in [-0.39, 0.29) is 11.5 Å². The van der Waals surface area contributed by atoms with Gasteiger partial charge >= 0.3 is 0 Å². The normalized spacial score (nSPS) is 13.5. The molecule has 1 aliphatic rings. The molecule has 0 fully saturated rings. The lowest BCUT2D eigenvalue weighted by Crippen LogP contribution is -2.15. The van der Waals surface area contributed by atoms with Gasteiger partial charge in [0.25, 0.3) is 0 Å². The van der Waals surface area contributed by atoms with Gasteiger partial charge in [0.15, 0.2) is 5.78 Å². The van der Waals surface area contributed by atoms with Crippen molar-refractivity contribution in [2.75, 3.05) is 11.4 Å². The van der Waals surface area contributed by atoms with E-state index in [4.69, 9.17) is 0 Å². The number of carbonyl (C=O) groups is 1. The fraction of sp³-hybridized carbons (Fsp3) is 0.0870. The fourth-order valence-corrected chi connectivity index (χ4v) is 3.35. The monoisotopic (exact) mass is 341 g/mol. The van der Waals surface area contributed by atoms with Crippen molar-refractivity contribution in [1.82, 2.24) is 0 Å². The van der Waals surface area contributed by atoms with E-state index in [1.165, 1.54) is 5.56 Å². The van der Waals surface area contributed by atoms with Gasteiger partial charge in [0, 0.05) is 24.0 Å². The Labute approximate surface area is 152 Å². The Balaban J connectivity index is 1.80. The highest BCUT2D eigenvalue weighted by molar-refractivity contribution is 6.30. The standard InChI is InChI=1S/C23H19NO2/c25-22-13-7-5-11-19(22)23(26)20(17-8-2-1-3-9-17)16-24-15-14-18-10-4-6-12-21(18)24/h1-13,16,25H,14-15H2/b20-16+. The Morgan fingerprint density at radius 2 is 1.58 bits per heavy atom. The molecule has 26 heavy (non-hydrogen) atoms. The zero-order valence-corrected chi connectivity index (χ0v) is 14.3. The molecule has 3 aromatic carbocycles. The largest absolute Gasteiger partial charge is 0.507 e. The average Bonchev–Trinajstić information content (AvgIpc) is 3.10. The zero-order chi connectivity index (χ0) is 17.9. The summed E-state index contributed by atoms with van der Waals surface area (Å²) >= 11 is 0. The summed E-state index contributed by atoms with van der Waals surface area (Å²) < 4.78 is 0. The van der Waals surface area contributed by atoms with Crippen molar-refractivity contribution in [2.45, 2.75) is 6.42 Å². The number of benzene rings is 3. The molecule has 4 rings (SSSR count). The van der Waals surface area contributed by atoms with Crippen LogP contribution in [0.1, 0.15) is 21.5 Å². The number of carbonyl (C=O) groups excluding carboxylic acids is 1. The van der Waals surface area contributed by atoms with Gasteiger partial charge in [0.05, 0.1) is 5.56 Å². The number of hydrogen-bond acceptors (Lipinski definition) is 3. The molecule has 0 radical (unpaired) electrons. The predicted octanol–water partition coefficient (Wildman–Crippen LogP) is 4.68. The first kappa shape index (κ1) is 16.2. The number of aromatic hydroxyl groups is 1. The summed E-state index contributed by atoms with van der Waals surface area (Å²) in [7, 11) is 0. The summed E-state index contributed by atoms with van der Waals surface area (Å²) in [4.78, 5) is 15.3. The molecule has 128 valence electrons. The van der Waals surface area contributed by atoms with Crippen molar-refractivity contribution in [3.63, 3.8) is 0 Å². The lowest BCUT2D eigenvalue weighted by molar-refractivity contribution is 0.105. The first-order valence-electron chi connectivity index (χ1n) is 8.68. The minimum Gasteiger partial charge on any atom is -0.507 e. The van der Waals surface area contributed by atoms with Crippen molar-refractivity contribution in [1.29, 1.82) is 0 Å². The van der Waals surface area contributed by atoms with Crippen molar-refractivity contribution < 1.29 is 9.90 Å². The average molecular weight is 341 g/mol. The highest BCUT2D eigenvalue weighted by atomic mass is 16.3. The Bertz CT molecular complexity index is 976. The van der Waals surface area contributed by atoms with Crippen LogP contribution in [0.3, 0.4) is 0 Å². The van der Waals surface area contributed by atoms with Crippen LogP contribution in [0.15, 0.2) is 85.1 Å². The minimum absolute atomic E-state index is 0.00107. The van der Waals surface area contributed by atoms with Gasteiger partial charge in [0.1, 0.15) is 5.75 Å². The molecule has 1 heterocycles. The van der Waals surface area contributed by atoms with E-state index in [1.54, 1.807) is 24.3 Å². The Morgan fingerprint density at radius 1 is 0.885 bits per heavy atom. The van der Waals surface area contributed by atoms with Crippen molar-refractivity contribution >= 4 is 17.0 Å². The highest BCUT2D eigenvalue weighted by Gasteiger charge is 2.22. The second-order valence-corrected chi connectivity index (χ2v) is 6.33. The summed E-state index contributed by atoms with van der Waals surface area (Å²) in [5.41, 5.74) is 4.14. The Morgan fingerprint density at radius 3 is 2.38 bits per heavy atom. The first-order chi connectivity index (χ1) is 12.7. The van der Waals surface area contributed by atoms with Gasteiger partial charge in [-0.2, -0.15) is 0 Å². The lowest BCUT2D eigenvalue weighted by atomic mass is 9.97. The number of phenols is 1. The number of phenolic OH excluding ortho intramolecular Hbond substituents is 1. The van der Waals surface area contributed by atoms with Crippen LogP contribution in [-0.2, 0) is 6.42 Å². The van der Waals surface area contributed by atoms with Crippen molar-refractivity contribution in [2.24, 2.45) is 0 Å². The number of hydrogen-bond donors (Lipinski definition) is 1. The number of Topliss-reactive ketones (excluding diaryl/α,β-unsaturated/α-hetero) is 1. The molecule has 0 aliphatic carbocycles. The molecule has 0 bridgehead atoms. The van der Waals surface area contributed by atoms with Crippen LogP contribution in [0, 0.1) is 0 Å². The maximum atomic E-state index is 13.2. The number of anilines is 1. The molecule has 0 aromatic heterocycles. The summed E-state index contributed by atoms with van der Waals surface area (Å²) in [6.07, 6.45) is 2.87. The van der Waals surface area contributed by atoms with E-state index in [0.717, 1.165) is 24.2 Å². The van der Waals surface area contributed by atoms with Crippen LogP contribution in [-0.4, -0.2) is 17.4 Å². The van der Waals surface area contributed by atoms with Crippen LogP contribution in [0.2, 0.25) is 0 Å². The third-order valence-corrected chi connectivity index (χ3v) is 4.69. The van der Waals surface area contributed by atoms with E-state index >= 15 is 0 Å². The smallest absolute Gasteiger partial charge is 0.198 e. The SMILES string of the molecule is O=C(/C(=C/N1CCc2ccccc21)c1ccccc1)c1ccccc1O. The van der Waals surface area contributed by atoms with Crippen LogP contribution in [0.5, 0.6) is 5.75 Å². The maximum absolute atomic E-state index is 13.2. The molecule has 1 N–H and O–H groups in total. The molecule has 3 aromatic rings. The molecule has 0 spiro atoms. The maximum Gasteiger partial charge on any atom is 0.198 e. The van der Waals surface area contributed by atoms with E-state index in [1.807, 2.05) is 48.7 Å². The summed E-state index contributed by atoms with van der Waals surface area (Å²) in [5.74, 6) is -0.181. The van der Waals surface area contributed by atoms with Crippen LogP contribution < -0.4 is 4.90 Å². The number of fused-ring (bicyclic) bond motifs is 1. The van der Waals surface area contributed by atoms with Crippen LogP contribution >= 0.6 is 0 Å². The third kappa shape index (κ3) is 3.00. The number of ketones is 1. The molecule has 0 atom stereocenters. The first-order valence-corrected chi connectivity index (χ1v) is 8.68. The molecular weight excluding hydrogens is 322 g/mol. The summed E-state index contributed by atoms with van der Waals surface area (Å²) in [6, 6.07) is 24.5. The number of rotatable bonds is 4. The molecule has 0 amide bonds. The predicted molar refractivity (Wildman–Crippen MR) is 104 cm³/mol. The fourth-order valence-electron chi connectivity index (χ4n) is 3.35. The summed E-state index contributed by atoms with van der Waals surface area (Å²) in [6.45, 7) is 0.837. The molecular formula is C23H19NO2. The van der Waals surface area contributed by atoms with E-state index in [0.29, 0.717) is 11.1 Å². The molecule has 0 saturated heterocycles. The Kier molecular flexibility index (Phi) is 4.28. The molecule has 3 nitrogen and oxygen atoms in total. The van der Waals surface area contributed by atoms with Gasteiger partial charge in [-0.15, -0.1) is 0 Å². The minimum atomic E-state index is -0.182. The molecule has 3 heteroatoms. The molecule has 0 saturated carbocycles. The lowest BCUT2D eigenvalue weighted by Gasteiger charge is -2.17. The topological polar surface area (TPSA) is 40.5 Å². The van der Waals surface area contributed by atoms with E-state index in [9.17, 15) is 9.90 Å². The molecule has 1 aliphatic heterocycles. The van der Waals surface area contributed by atoms with Gasteiger partial charge < -0.3 is 10.0 Å². The third-order valence-electron chi connectivity index (χ3n) is 4.69. The van der Waals surface area contributed by atoms with Gasteiger partial charge in [-0.1, -0.05) is 60.7 Å². The van der Waals surface area contributed by atoms with Crippen LogP contribution in [0.4, 0.5) is 5.69 Å². The number of nitrogens with zero attached hydrogens (tertiary/aromatic N) is 1. The zero-order valence-electron chi connectivity index (χ0n) is 14.3. The second kappa shape index (κ2) is 6.89. The van der Waals surface area contributed by atoms with E-state index < -0.39 is 0 Å². The Hall–Kier alpha value is -3.33. The van der Waals surface area contributed by atoms with Crippen molar-refractivity contribution in [3.05, 3.63) is 102 Å². The van der Waals surface area contributed by atoms with E-state index in [2.05, 4.69) is 17.0 Å².